The summed E-state index contributed by atoms with van der Waals surface area (Å²) in [6.45, 7) is 6.79. The highest BCUT2D eigenvalue weighted by Gasteiger charge is 2.51. The van der Waals surface area contributed by atoms with Crippen molar-refractivity contribution in [2.75, 3.05) is 13.7 Å². The first-order valence-corrected chi connectivity index (χ1v) is 7.37. The van der Waals surface area contributed by atoms with Crippen molar-refractivity contribution >= 4 is 11.9 Å². The van der Waals surface area contributed by atoms with Crippen LogP contribution >= 0.6 is 0 Å². The quantitative estimate of drug-likeness (QED) is 0.900. The largest absolute Gasteiger partial charge is 0.477 e. The Bertz CT molecular complexity index is 585. The van der Waals surface area contributed by atoms with E-state index in [0.717, 1.165) is 6.42 Å². The highest BCUT2D eigenvalue weighted by atomic mass is 16.5. The van der Waals surface area contributed by atoms with Gasteiger partial charge >= 0.3 is 5.97 Å². The number of amides is 1. The molecule has 0 aromatic carbocycles. The van der Waals surface area contributed by atoms with Gasteiger partial charge in [0, 0.05) is 36.9 Å². The van der Waals surface area contributed by atoms with E-state index in [0.29, 0.717) is 12.2 Å². The van der Waals surface area contributed by atoms with Gasteiger partial charge in [-0.15, -0.1) is 0 Å². The number of hydrogen-bond donors (Lipinski definition) is 1. The molecule has 0 bridgehead atoms. The van der Waals surface area contributed by atoms with Crippen LogP contribution in [0.3, 0.4) is 0 Å². The van der Waals surface area contributed by atoms with Crippen LogP contribution < -0.4 is 0 Å². The lowest BCUT2D eigenvalue weighted by Crippen LogP contribution is -2.62. The summed E-state index contributed by atoms with van der Waals surface area (Å²) >= 11 is 0. The second-order valence-electron chi connectivity index (χ2n) is 6.17. The van der Waals surface area contributed by atoms with Gasteiger partial charge in [-0.1, -0.05) is 13.8 Å². The van der Waals surface area contributed by atoms with E-state index in [4.69, 9.17) is 9.84 Å². The monoisotopic (exact) mass is 306 g/mol. The van der Waals surface area contributed by atoms with Gasteiger partial charge in [-0.05, 0) is 25.5 Å². The minimum Gasteiger partial charge on any atom is -0.477 e. The number of carbonyl (C=O) groups is 2. The molecule has 1 aliphatic rings. The first kappa shape index (κ1) is 16.4. The van der Waals surface area contributed by atoms with Gasteiger partial charge in [-0.2, -0.15) is 0 Å². The number of nitrogens with zero attached hydrogens (tertiary/aromatic N) is 2. The third kappa shape index (κ3) is 2.83. The van der Waals surface area contributed by atoms with Gasteiger partial charge in [0.05, 0.1) is 6.10 Å². The molecule has 1 aliphatic carbocycles. The Labute approximate surface area is 130 Å². The summed E-state index contributed by atoms with van der Waals surface area (Å²) in [5, 5.41) is 8.97. The molecule has 2 rings (SSSR count). The number of rotatable bonds is 5. The zero-order valence-corrected chi connectivity index (χ0v) is 13.4. The average Bonchev–Trinajstić information content (AvgIpc) is 2.49. The Hall–Kier alpha value is -1.95. The molecule has 0 radical (unpaired) electrons. The van der Waals surface area contributed by atoms with E-state index in [1.807, 2.05) is 6.92 Å². The van der Waals surface area contributed by atoms with Crippen molar-refractivity contribution in [3.05, 3.63) is 29.6 Å². The Morgan fingerprint density at radius 3 is 2.73 bits per heavy atom. The predicted octanol–water partition coefficient (Wildman–Crippen LogP) is 2.06. The number of carboxylic acid groups (broad SMARTS) is 1. The standard InChI is InChI=1S/C16H22N2O4/c1-5-22-13-9-12(16(13,2)3)18(4)14(19)10-6-7-17-11(8-10)15(20)21/h6-8,12-13H,5,9H2,1-4H3,(H,20,21). The molecular weight excluding hydrogens is 284 g/mol. The molecule has 2 atom stereocenters. The minimum atomic E-state index is -1.14. The van der Waals surface area contributed by atoms with Crippen LogP contribution in [0.4, 0.5) is 0 Å². The molecule has 120 valence electrons. The third-order valence-electron chi connectivity index (χ3n) is 4.51. The van der Waals surface area contributed by atoms with Crippen LogP contribution in [0.2, 0.25) is 0 Å². The second kappa shape index (κ2) is 6.04. The molecule has 22 heavy (non-hydrogen) atoms. The number of hydrogen-bond acceptors (Lipinski definition) is 4. The van der Waals surface area contributed by atoms with Crippen LogP contribution in [0.5, 0.6) is 0 Å². The second-order valence-corrected chi connectivity index (χ2v) is 6.17. The zero-order chi connectivity index (χ0) is 16.5. The van der Waals surface area contributed by atoms with E-state index in [-0.39, 0.29) is 29.2 Å². The van der Waals surface area contributed by atoms with Crippen molar-refractivity contribution in [2.24, 2.45) is 5.41 Å². The molecule has 0 spiro atoms. The fourth-order valence-electron chi connectivity index (χ4n) is 3.03. The molecule has 1 N–H and O–H groups in total. The maximum absolute atomic E-state index is 12.6. The maximum atomic E-state index is 12.6. The molecule has 6 nitrogen and oxygen atoms in total. The number of carbonyl (C=O) groups excluding carboxylic acids is 1. The van der Waals surface area contributed by atoms with Crippen LogP contribution in [-0.2, 0) is 4.74 Å². The number of aromatic carboxylic acids is 1. The van der Waals surface area contributed by atoms with Gasteiger partial charge in [0.2, 0.25) is 0 Å². The van der Waals surface area contributed by atoms with Crippen LogP contribution in [0.25, 0.3) is 0 Å². The normalized spacial score (nSPS) is 22.7. The summed E-state index contributed by atoms with van der Waals surface area (Å²) in [4.78, 5) is 28.9. The van der Waals surface area contributed by atoms with Crippen molar-refractivity contribution in [1.29, 1.82) is 0 Å². The summed E-state index contributed by atoms with van der Waals surface area (Å²) in [5.74, 6) is -1.34. The number of aromatic nitrogens is 1. The number of pyridine rings is 1. The minimum absolute atomic E-state index is 0.0676. The Morgan fingerprint density at radius 1 is 1.50 bits per heavy atom. The van der Waals surface area contributed by atoms with Crippen molar-refractivity contribution in [1.82, 2.24) is 9.88 Å². The molecule has 1 fully saturated rings. The average molecular weight is 306 g/mol. The summed E-state index contributed by atoms with van der Waals surface area (Å²) in [6, 6.07) is 2.92. The summed E-state index contributed by atoms with van der Waals surface area (Å²) in [5.41, 5.74) is 0.0909. The van der Waals surface area contributed by atoms with Crippen LogP contribution in [0, 0.1) is 5.41 Å². The van der Waals surface area contributed by atoms with Crippen LogP contribution in [0.15, 0.2) is 18.3 Å². The van der Waals surface area contributed by atoms with Crippen LogP contribution in [0.1, 0.15) is 48.0 Å². The smallest absolute Gasteiger partial charge is 0.354 e. The summed E-state index contributed by atoms with van der Waals surface area (Å²) in [7, 11) is 1.75. The lowest BCUT2D eigenvalue weighted by atomic mass is 9.63. The van der Waals surface area contributed by atoms with E-state index in [1.54, 1.807) is 11.9 Å². The highest BCUT2D eigenvalue weighted by Crippen LogP contribution is 2.45. The predicted molar refractivity (Wildman–Crippen MR) is 80.9 cm³/mol. The van der Waals surface area contributed by atoms with Gasteiger partial charge < -0.3 is 14.7 Å². The van der Waals surface area contributed by atoms with Crippen LogP contribution in [-0.4, -0.2) is 52.7 Å². The highest BCUT2D eigenvalue weighted by molar-refractivity contribution is 5.96. The third-order valence-corrected chi connectivity index (χ3v) is 4.51. The summed E-state index contributed by atoms with van der Waals surface area (Å²) < 4.78 is 5.68. The lowest BCUT2D eigenvalue weighted by molar-refractivity contribution is -0.136. The molecule has 2 unspecified atom stereocenters. The van der Waals surface area contributed by atoms with Crippen molar-refractivity contribution in [3.8, 4) is 0 Å². The molecule has 0 saturated heterocycles. The van der Waals surface area contributed by atoms with Gasteiger partial charge in [-0.25, -0.2) is 9.78 Å². The number of carboxylic acids is 1. The lowest BCUT2D eigenvalue weighted by Gasteiger charge is -2.54. The number of ether oxygens (including phenoxy) is 1. The van der Waals surface area contributed by atoms with Crippen molar-refractivity contribution in [3.63, 3.8) is 0 Å². The summed E-state index contributed by atoms with van der Waals surface area (Å²) in [6.07, 6.45) is 2.28. The van der Waals surface area contributed by atoms with Gasteiger partial charge in [0.25, 0.3) is 5.91 Å². The van der Waals surface area contributed by atoms with Crippen molar-refractivity contribution in [2.45, 2.75) is 39.3 Å². The van der Waals surface area contributed by atoms with E-state index in [2.05, 4.69) is 18.8 Å². The van der Waals surface area contributed by atoms with Gasteiger partial charge in [-0.3, -0.25) is 4.79 Å². The Kier molecular flexibility index (Phi) is 4.51. The maximum Gasteiger partial charge on any atom is 0.354 e. The SMILES string of the molecule is CCOC1CC(N(C)C(=O)c2ccnc(C(=O)O)c2)C1(C)C. The molecule has 6 heteroatoms. The van der Waals surface area contributed by atoms with Crippen molar-refractivity contribution < 1.29 is 19.4 Å². The first-order chi connectivity index (χ1) is 10.3. The molecular formula is C16H22N2O4. The van der Waals surface area contributed by atoms with Gasteiger partial charge in [0.1, 0.15) is 5.69 Å². The fourth-order valence-corrected chi connectivity index (χ4v) is 3.03. The molecule has 0 aliphatic heterocycles. The fraction of sp³-hybridized carbons (Fsp3) is 0.562. The Morgan fingerprint density at radius 2 is 2.18 bits per heavy atom. The van der Waals surface area contributed by atoms with E-state index in [9.17, 15) is 9.59 Å². The molecule has 1 amide bonds. The van der Waals surface area contributed by atoms with Gasteiger partial charge in [0.15, 0.2) is 0 Å². The topological polar surface area (TPSA) is 79.7 Å². The van der Waals surface area contributed by atoms with E-state index in [1.165, 1.54) is 18.3 Å². The molecule has 1 saturated carbocycles. The van der Waals surface area contributed by atoms with E-state index < -0.39 is 5.97 Å². The molecule has 1 aromatic rings. The zero-order valence-electron chi connectivity index (χ0n) is 13.4. The Balaban J connectivity index is 2.14. The molecule has 1 heterocycles. The first-order valence-electron chi connectivity index (χ1n) is 7.37. The molecule has 1 aromatic heterocycles. The van der Waals surface area contributed by atoms with E-state index >= 15 is 0 Å².